The average molecular weight is 211 g/mol. The van der Waals surface area contributed by atoms with Crippen LogP contribution in [0.5, 0.6) is 0 Å². The van der Waals surface area contributed by atoms with Gasteiger partial charge < -0.3 is 10.6 Å². The van der Waals surface area contributed by atoms with Gasteiger partial charge in [-0.05, 0) is 64.8 Å². The third-order valence-electron chi connectivity index (χ3n) is 4.09. The molecule has 2 aliphatic rings. The van der Waals surface area contributed by atoms with Crippen molar-refractivity contribution < 1.29 is 0 Å². The predicted molar refractivity (Wildman–Crippen MR) is 63.9 cm³/mol. The summed E-state index contributed by atoms with van der Waals surface area (Å²) in [5.74, 6) is 0.762. The minimum Gasteiger partial charge on any atom is -0.330 e. The van der Waals surface area contributed by atoms with Crippen LogP contribution in [0.2, 0.25) is 0 Å². The Labute approximate surface area is 93.6 Å². The number of piperidine rings is 2. The van der Waals surface area contributed by atoms with Crippen LogP contribution in [-0.4, -0.2) is 55.6 Å². The third kappa shape index (κ3) is 2.92. The molecule has 0 amide bonds. The van der Waals surface area contributed by atoms with E-state index in [1.165, 1.54) is 51.9 Å². The van der Waals surface area contributed by atoms with E-state index in [1.807, 2.05) is 0 Å². The first-order valence-corrected chi connectivity index (χ1v) is 6.42. The molecular weight excluding hydrogens is 186 g/mol. The Kier molecular flexibility index (Phi) is 4.00. The third-order valence-corrected chi connectivity index (χ3v) is 4.09. The monoisotopic (exact) mass is 211 g/mol. The summed E-state index contributed by atoms with van der Waals surface area (Å²) in [6, 6.07) is 0.843. The number of likely N-dealkylation sites (tertiary alicyclic amines) is 2. The van der Waals surface area contributed by atoms with Crippen molar-refractivity contribution in [3.63, 3.8) is 0 Å². The highest BCUT2D eigenvalue weighted by molar-refractivity contribution is 4.83. The molecule has 0 saturated carbocycles. The summed E-state index contributed by atoms with van der Waals surface area (Å²) in [7, 11) is 2.23. The molecule has 1 atom stereocenters. The van der Waals surface area contributed by atoms with E-state index in [-0.39, 0.29) is 0 Å². The minimum absolute atomic E-state index is 0.762. The maximum absolute atomic E-state index is 5.78. The Morgan fingerprint density at radius 1 is 1.13 bits per heavy atom. The quantitative estimate of drug-likeness (QED) is 0.731. The lowest BCUT2D eigenvalue weighted by atomic mass is 9.94. The van der Waals surface area contributed by atoms with Gasteiger partial charge in [-0.25, -0.2) is 0 Å². The summed E-state index contributed by atoms with van der Waals surface area (Å²) in [5, 5.41) is 0. The molecule has 3 heteroatoms. The van der Waals surface area contributed by atoms with Crippen LogP contribution in [0.4, 0.5) is 0 Å². The van der Waals surface area contributed by atoms with Crippen LogP contribution in [0.3, 0.4) is 0 Å². The van der Waals surface area contributed by atoms with E-state index in [0.29, 0.717) is 0 Å². The van der Waals surface area contributed by atoms with Gasteiger partial charge in [0.2, 0.25) is 0 Å². The van der Waals surface area contributed by atoms with E-state index in [0.717, 1.165) is 18.5 Å². The van der Waals surface area contributed by atoms with Gasteiger partial charge in [0.15, 0.2) is 0 Å². The largest absolute Gasteiger partial charge is 0.330 e. The highest BCUT2D eigenvalue weighted by Gasteiger charge is 2.27. The molecule has 0 spiro atoms. The van der Waals surface area contributed by atoms with Gasteiger partial charge in [0.25, 0.3) is 0 Å². The van der Waals surface area contributed by atoms with Crippen molar-refractivity contribution in [1.82, 2.24) is 9.80 Å². The molecule has 88 valence electrons. The number of nitrogens with zero attached hydrogens (tertiary/aromatic N) is 2. The Hall–Kier alpha value is -0.120. The topological polar surface area (TPSA) is 32.5 Å². The molecule has 0 unspecified atom stereocenters. The first-order chi connectivity index (χ1) is 7.29. The van der Waals surface area contributed by atoms with Gasteiger partial charge in [-0.2, -0.15) is 0 Å². The number of nitrogens with two attached hydrogens (primary N) is 1. The normalized spacial score (nSPS) is 32.0. The van der Waals surface area contributed by atoms with Crippen LogP contribution in [0.25, 0.3) is 0 Å². The van der Waals surface area contributed by atoms with Crippen LogP contribution in [0.15, 0.2) is 0 Å². The van der Waals surface area contributed by atoms with Gasteiger partial charge in [-0.15, -0.1) is 0 Å². The van der Waals surface area contributed by atoms with Crippen LogP contribution in [0.1, 0.15) is 25.7 Å². The van der Waals surface area contributed by atoms with Gasteiger partial charge >= 0.3 is 0 Å². The summed E-state index contributed by atoms with van der Waals surface area (Å²) in [4.78, 5) is 5.15. The number of hydrogen-bond acceptors (Lipinski definition) is 3. The van der Waals surface area contributed by atoms with Crippen molar-refractivity contribution in [2.45, 2.75) is 31.7 Å². The van der Waals surface area contributed by atoms with E-state index in [2.05, 4.69) is 16.8 Å². The number of hydrogen-bond donors (Lipinski definition) is 1. The molecule has 2 aliphatic heterocycles. The maximum Gasteiger partial charge on any atom is 0.0120 e. The molecule has 2 heterocycles. The molecule has 0 aliphatic carbocycles. The van der Waals surface area contributed by atoms with E-state index in [9.17, 15) is 0 Å². The molecule has 15 heavy (non-hydrogen) atoms. The lowest BCUT2D eigenvalue weighted by Gasteiger charge is -2.41. The smallest absolute Gasteiger partial charge is 0.0120 e. The minimum atomic E-state index is 0.762. The fourth-order valence-electron chi connectivity index (χ4n) is 2.98. The fourth-order valence-corrected chi connectivity index (χ4v) is 2.98. The van der Waals surface area contributed by atoms with Gasteiger partial charge in [0.05, 0.1) is 0 Å². The highest BCUT2D eigenvalue weighted by atomic mass is 15.2. The fraction of sp³-hybridized carbons (Fsp3) is 1.00. The molecule has 2 N–H and O–H groups in total. The molecule has 0 aromatic carbocycles. The van der Waals surface area contributed by atoms with Crippen molar-refractivity contribution in [3.05, 3.63) is 0 Å². The SMILES string of the molecule is CN1CCC(N2CCC[C@@H](CN)C2)CC1. The van der Waals surface area contributed by atoms with Crippen LogP contribution in [0, 0.1) is 5.92 Å². The van der Waals surface area contributed by atoms with E-state index < -0.39 is 0 Å². The van der Waals surface area contributed by atoms with Crippen molar-refractivity contribution in [3.8, 4) is 0 Å². The zero-order valence-corrected chi connectivity index (χ0v) is 9.99. The van der Waals surface area contributed by atoms with Gasteiger partial charge in [0, 0.05) is 12.6 Å². The predicted octanol–water partition coefficient (Wildman–Crippen LogP) is 0.751. The molecule has 3 nitrogen and oxygen atoms in total. The van der Waals surface area contributed by atoms with E-state index in [4.69, 9.17) is 5.73 Å². The summed E-state index contributed by atoms with van der Waals surface area (Å²) >= 11 is 0. The first-order valence-electron chi connectivity index (χ1n) is 6.42. The standard InChI is InChI=1S/C12H25N3/c1-14-7-4-12(5-8-14)15-6-2-3-11(9-13)10-15/h11-12H,2-10,13H2,1H3/t11-/m0/s1. The summed E-state index contributed by atoms with van der Waals surface area (Å²) in [5.41, 5.74) is 5.78. The van der Waals surface area contributed by atoms with Gasteiger partial charge in [0.1, 0.15) is 0 Å². The lowest BCUT2D eigenvalue weighted by Crippen LogP contribution is -2.48. The second-order valence-electron chi connectivity index (χ2n) is 5.27. The molecule has 2 fully saturated rings. The molecule has 0 aromatic rings. The Morgan fingerprint density at radius 2 is 1.87 bits per heavy atom. The molecule has 0 bridgehead atoms. The maximum atomic E-state index is 5.78. The van der Waals surface area contributed by atoms with Crippen molar-refractivity contribution in [1.29, 1.82) is 0 Å². The Balaban J connectivity index is 1.82. The molecule has 0 aromatic heterocycles. The molecule has 2 saturated heterocycles. The Morgan fingerprint density at radius 3 is 2.53 bits per heavy atom. The summed E-state index contributed by atoms with van der Waals surface area (Å²) in [6.07, 6.45) is 5.41. The second-order valence-corrected chi connectivity index (χ2v) is 5.27. The first kappa shape index (κ1) is 11.4. The van der Waals surface area contributed by atoms with Crippen molar-refractivity contribution in [2.75, 3.05) is 39.8 Å². The van der Waals surface area contributed by atoms with Gasteiger partial charge in [-0.3, -0.25) is 4.90 Å². The van der Waals surface area contributed by atoms with Crippen LogP contribution in [-0.2, 0) is 0 Å². The van der Waals surface area contributed by atoms with Crippen LogP contribution >= 0.6 is 0 Å². The zero-order valence-electron chi connectivity index (χ0n) is 9.99. The molecular formula is C12H25N3. The average Bonchev–Trinajstić information content (AvgIpc) is 2.30. The highest BCUT2D eigenvalue weighted by Crippen LogP contribution is 2.22. The number of rotatable bonds is 2. The van der Waals surface area contributed by atoms with E-state index in [1.54, 1.807) is 0 Å². The molecule has 2 rings (SSSR count). The van der Waals surface area contributed by atoms with Crippen molar-refractivity contribution >= 4 is 0 Å². The van der Waals surface area contributed by atoms with Gasteiger partial charge in [-0.1, -0.05) is 0 Å². The zero-order chi connectivity index (χ0) is 10.7. The lowest BCUT2D eigenvalue weighted by molar-refractivity contribution is 0.0807. The summed E-state index contributed by atoms with van der Waals surface area (Å²) < 4.78 is 0. The summed E-state index contributed by atoms with van der Waals surface area (Å²) in [6.45, 7) is 5.99. The molecule has 0 radical (unpaired) electrons. The van der Waals surface area contributed by atoms with E-state index >= 15 is 0 Å². The second kappa shape index (κ2) is 5.28. The van der Waals surface area contributed by atoms with Crippen LogP contribution < -0.4 is 5.73 Å². The Bertz CT molecular complexity index is 187. The van der Waals surface area contributed by atoms with Crippen molar-refractivity contribution in [2.24, 2.45) is 11.7 Å².